The molecule has 0 bridgehead atoms. The van der Waals surface area contributed by atoms with Gasteiger partial charge in [-0.3, -0.25) is 4.79 Å². The number of ketones is 1. The van der Waals surface area contributed by atoms with E-state index in [-0.39, 0.29) is 18.4 Å². The summed E-state index contributed by atoms with van der Waals surface area (Å²) < 4.78 is 6.94. The molecule has 0 amide bonds. The smallest absolute Gasteiger partial charge is 0.176 e. The topological polar surface area (TPSA) is 80.1 Å². The molecule has 3 aromatic carbocycles. The van der Waals surface area contributed by atoms with E-state index >= 15 is 0 Å². The number of halogens is 1. The minimum absolute atomic E-state index is 0.00511. The zero-order valence-electron chi connectivity index (χ0n) is 19.6. The van der Waals surface area contributed by atoms with Gasteiger partial charge in [0.25, 0.3) is 0 Å². The number of nitrogen functional groups attached to an aromatic ring is 1. The fourth-order valence-corrected chi connectivity index (χ4v) is 5.13. The Hall–Kier alpha value is -3.09. The van der Waals surface area contributed by atoms with E-state index in [0.29, 0.717) is 17.9 Å². The third kappa shape index (κ3) is 5.44. The predicted molar refractivity (Wildman–Crippen MR) is 145 cm³/mol. The minimum Gasteiger partial charge on any atom is -0.493 e. The van der Waals surface area contributed by atoms with Gasteiger partial charge in [-0.05, 0) is 77.0 Å². The largest absolute Gasteiger partial charge is 0.493 e. The maximum Gasteiger partial charge on any atom is 0.176 e. The molecule has 5 rings (SSSR count). The van der Waals surface area contributed by atoms with Crippen molar-refractivity contribution >= 4 is 38.3 Å². The number of carbonyl (C=O) groups is 1. The van der Waals surface area contributed by atoms with E-state index in [1.54, 1.807) is 12.1 Å². The summed E-state index contributed by atoms with van der Waals surface area (Å²) in [5, 5.41) is 4.75. The number of aromatic nitrogens is 1. The summed E-state index contributed by atoms with van der Waals surface area (Å²) in [5.41, 5.74) is 12.3. The minimum atomic E-state index is -0.00511. The maximum atomic E-state index is 12.8. The van der Waals surface area contributed by atoms with Crippen molar-refractivity contribution in [1.29, 1.82) is 0 Å². The van der Waals surface area contributed by atoms with E-state index in [9.17, 15) is 4.79 Å². The molecule has 0 aliphatic heterocycles. The molecular formula is C29H30BrN3O2. The summed E-state index contributed by atoms with van der Waals surface area (Å²) in [6.45, 7) is 0.762. The predicted octanol–water partition coefficient (Wildman–Crippen LogP) is 6.37. The second-order valence-electron chi connectivity index (χ2n) is 9.14. The molecule has 0 fully saturated rings. The van der Waals surface area contributed by atoms with Crippen molar-refractivity contribution in [3.8, 4) is 5.75 Å². The van der Waals surface area contributed by atoms with Crippen LogP contribution in [0.25, 0.3) is 10.9 Å². The highest BCUT2D eigenvalue weighted by Crippen LogP contribution is 2.31. The highest BCUT2D eigenvalue weighted by Gasteiger charge is 2.17. The van der Waals surface area contributed by atoms with Crippen molar-refractivity contribution in [2.24, 2.45) is 0 Å². The van der Waals surface area contributed by atoms with Crippen LogP contribution in [0.15, 0.2) is 71.2 Å². The van der Waals surface area contributed by atoms with Gasteiger partial charge in [-0.1, -0.05) is 36.4 Å². The van der Waals surface area contributed by atoms with E-state index < -0.39 is 0 Å². The Morgan fingerprint density at radius 1 is 1.06 bits per heavy atom. The highest BCUT2D eigenvalue weighted by molar-refractivity contribution is 9.10. The lowest BCUT2D eigenvalue weighted by Gasteiger charge is -2.19. The molecule has 4 aromatic rings. The van der Waals surface area contributed by atoms with Crippen molar-refractivity contribution < 1.29 is 9.53 Å². The first-order valence-electron chi connectivity index (χ1n) is 12.2. The lowest BCUT2D eigenvalue weighted by molar-refractivity contribution is 0.0985. The van der Waals surface area contributed by atoms with Crippen molar-refractivity contribution in [2.75, 3.05) is 18.9 Å². The number of H-pyrrole nitrogens is 1. The molecule has 1 unspecified atom stereocenters. The quantitative estimate of drug-likeness (QED) is 0.173. The fourth-order valence-electron chi connectivity index (χ4n) is 4.88. The van der Waals surface area contributed by atoms with Gasteiger partial charge in [0.05, 0.1) is 13.2 Å². The van der Waals surface area contributed by atoms with E-state index in [1.165, 1.54) is 29.5 Å². The number of rotatable bonds is 9. The Bertz CT molecular complexity index is 1330. The molecule has 0 saturated heterocycles. The summed E-state index contributed by atoms with van der Waals surface area (Å²) in [4.78, 5) is 16.4. The van der Waals surface area contributed by atoms with Crippen LogP contribution in [-0.4, -0.2) is 23.9 Å². The highest BCUT2D eigenvalue weighted by atomic mass is 79.9. The van der Waals surface area contributed by atoms with Gasteiger partial charge in [0.15, 0.2) is 5.78 Å². The molecule has 1 aliphatic carbocycles. The molecule has 0 saturated carbocycles. The molecule has 1 atom stereocenters. The fraction of sp³-hybridized carbons (Fsp3) is 0.276. The summed E-state index contributed by atoms with van der Waals surface area (Å²) in [5.74, 6) is 0.872. The number of anilines is 1. The molecule has 1 heterocycles. The Labute approximate surface area is 214 Å². The van der Waals surface area contributed by atoms with Crippen LogP contribution < -0.4 is 15.8 Å². The summed E-state index contributed by atoms with van der Waals surface area (Å²) in [7, 11) is 0. The SMILES string of the molecule is Nc1cc(C(=O)CNC(CCOc2ccc3c4c([nH]c3c2)CCCC4)c2ccccc2)ccc1Br. The van der Waals surface area contributed by atoms with Crippen LogP contribution in [0.4, 0.5) is 5.69 Å². The number of hydrogen-bond acceptors (Lipinski definition) is 4. The Balaban J connectivity index is 1.23. The molecular weight excluding hydrogens is 502 g/mol. The zero-order valence-corrected chi connectivity index (χ0v) is 21.2. The van der Waals surface area contributed by atoms with E-state index in [0.717, 1.165) is 40.6 Å². The average Bonchev–Trinajstić information content (AvgIpc) is 3.26. The average molecular weight is 532 g/mol. The van der Waals surface area contributed by atoms with Gasteiger partial charge in [0.2, 0.25) is 0 Å². The molecule has 180 valence electrons. The number of aryl methyl sites for hydroxylation is 2. The van der Waals surface area contributed by atoms with Gasteiger partial charge in [-0.2, -0.15) is 0 Å². The van der Waals surface area contributed by atoms with E-state index in [2.05, 4.69) is 56.6 Å². The third-order valence-electron chi connectivity index (χ3n) is 6.77. The van der Waals surface area contributed by atoms with Crippen LogP contribution in [0.3, 0.4) is 0 Å². The van der Waals surface area contributed by atoms with Crippen molar-refractivity contribution in [3.63, 3.8) is 0 Å². The number of nitrogens with one attached hydrogen (secondary N) is 2. The Morgan fingerprint density at radius 2 is 1.89 bits per heavy atom. The normalized spacial score (nSPS) is 14.0. The first-order chi connectivity index (χ1) is 17.1. The molecule has 6 heteroatoms. The first kappa shape index (κ1) is 23.6. The second-order valence-corrected chi connectivity index (χ2v) is 9.99. The molecule has 4 N–H and O–H groups in total. The van der Waals surface area contributed by atoms with Gasteiger partial charge < -0.3 is 20.8 Å². The number of benzene rings is 3. The number of nitrogens with two attached hydrogens (primary N) is 1. The zero-order chi connectivity index (χ0) is 24.2. The number of hydrogen-bond donors (Lipinski definition) is 3. The van der Waals surface area contributed by atoms with Gasteiger partial charge in [0, 0.05) is 50.8 Å². The van der Waals surface area contributed by atoms with E-state index in [1.807, 2.05) is 24.3 Å². The van der Waals surface area contributed by atoms with Crippen LogP contribution in [0, 0.1) is 0 Å². The van der Waals surface area contributed by atoms with Gasteiger partial charge in [-0.25, -0.2) is 0 Å². The molecule has 0 spiro atoms. The number of aromatic amines is 1. The molecule has 0 radical (unpaired) electrons. The second kappa shape index (κ2) is 10.7. The number of carbonyl (C=O) groups excluding carboxylic acids is 1. The Morgan fingerprint density at radius 3 is 2.71 bits per heavy atom. The number of Topliss-reactive ketones (excluding diaryl/α,β-unsaturated/α-hetero) is 1. The first-order valence-corrected chi connectivity index (χ1v) is 13.0. The van der Waals surface area contributed by atoms with Crippen molar-refractivity contribution in [1.82, 2.24) is 10.3 Å². The third-order valence-corrected chi connectivity index (χ3v) is 7.50. The summed E-state index contributed by atoms with van der Waals surface area (Å²) in [6.07, 6.45) is 5.55. The van der Waals surface area contributed by atoms with Crippen LogP contribution in [0.5, 0.6) is 5.75 Å². The maximum absolute atomic E-state index is 12.8. The van der Waals surface area contributed by atoms with Crippen LogP contribution in [0.1, 0.15) is 52.5 Å². The van der Waals surface area contributed by atoms with E-state index in [4.69, 9.17) is 10.5 Å². The van der Waals surface area contributed by atoms with Gasteiger partial charge in [0.1, 0.15) is 5.75 Å². The van der Waals surface area contributed by atoms with Gasteiger partial charge >= 0.3 is 0 Å². The lowest BCUT2D eigenvalue weighted by Crippen LogP contribution is -2.29. The van der Waals surface area contributed by atoms with Crippen LogP contribution >= 0.6 is 15.9 Å². The van der Waals surface area contributed by atoms with Gasteiger partial charge in [-0.15, -0.1) is 0 Å². The standard InChI is InChI=1S/C29H30BrN3O2/c30-24-13-10-20(16-25(24)31)29(34)18-32-26(19-6-2-1-3-7-19)14-15-35-21-11-12-23-22-8-4-5-9-27(22)33-28(23)17-21/h1-3,6-7,10-13,16-17,26,32-33H,4-5,8-9,14-15,18,31H2. The number of fused-ring (bicyclic) bond motifs is 3. The number of ether oxygens (including phenoxy) is 1. The van der Waals surface area contributed by atoms with Crippen LogP contribution in [0.2, 0.25) is 0 Å². The monoisotopic (exact) mass is 531 g/mol. The van der Waals surface area contributed by atoms with Crippen molar-refractivity contribution in [2.45, 2.75) is 38.1 Å². The lowest BCUT2D eigenvalue weighted by atomic mass is 9.96. The molecule has 35 heavy (non-hydrogen) atoms. The van der Waals surface area contributed by atoms with Crippen LogP contribution in [-0.2, 0) is 12.8 Å². The molecule has 1 aromatic heterocycles. The summed E-state index contributed by atoms with van der Waals surface area (Å²) in [6, 6.07) is 21.9. The van der Waals surface area contributed by atoms with Crippen molar-refractivity contribution in [3.05, 3.63) is 93.6 Å². The summed E-state index contributed by atoms with van der Waals surface area (Å²) >= 11 is 3.38. The Kier molecular flexibility index (Phi) is 7.21. The molecule has 1 aliphatic rings. The molecule has 5 nitrogen and oxygen atoms in total.